The summed E-state index contributed by atoms with van der Waals surface area (Å²) in [6.45, 7) is 8.87. The third-order valence-electron chi connectivity index (χ3n) is 8.31. The number of fused-ring (bicyclic) bond motifs is 2. The zero-order valence-corrected chi connectivity index (χ0v) is 31.1. The van der Waals surface area contributed by atoms with E-state index in [1.54, 1.807) is 6.07 Å². The van der Waals surface area contributed by atoms with E-state index in [0.717, 1.165) is 35.6 Å². The fourth-order valence-corrected chi connectivity index (χ4v) is 6.87. The van der Waals surface area contributed by atoms with Crippen LogP contribution in [0.5, 0.6) is 0 Å². The number of carboxylic acid groups (broad SMARTS) is 1. The van der Waals surface area contributed by atoms with Gasteiger partial charge >= 0.3 is 63.2 Å². The first-order chi connectivity index (χ1) is 20.4. The topological polar surface area (TPSA) is 171 Å². The Morgan fingerprint density at radius 1 is 1.00 bits per heavy atom. The van der Waals surface area contributed by atoms with E-state index in [2.05, 4.69) is 18.4 Å². The number of aliphatic carboxylic acids is 1. The second-order valence-electron chi connectivity index (χ2n) is 12.2. The van der Waals surface area contributed by atoms with Gasteiger partial charge in [0.1, 0.15) is 10.1 Å². The van der Waals surface area contributed by atoms with Gasteiger partial charge in [-0.05, 0) is 92.6 Å². The molecule has 0 unspecified atom stereocenters. The molecule has 2 aliphatic rings. The summed E-state index contributed by atoms with van der Waals surface area (Å²) in [7, 11) is -9.11. The molecule has 0 aliphatic carbocycles. The molecule has 0 atom stereocenters. The van der Waals surface area contributed by atoms with Crippen LogP contribution < -0.4 is 60.9 Å². The standard InChI is InChI=1S/C31H39N3O8S2.K/c1-30(2)23-11-9-18-33(17-7-5-6-14-28(35)36)29(23)32-26(30)12-8-13-27-31(3,4)24-21-22(44(40,41)42)15-16-25(24)34(27)19-10-20-43(37,38)39;/h8-9,11-13,15-16,18,21H,5-7,10,14,17,19-20H2,1-4H3,(H2-,35,36,37,38,39,40,41,42);/q;+1/p-1. The average molecular weight is 684 g/mol. The van der Waals surface area contributed by atoms with Crippen molar-refractivity contribution in [2.45, 2.75) is 82.1 Å². The second kappa shape index (κ2) is 14.6. The third-order valence-corrected chi connectivity index (χ3v) is 9.93. The molecule has 45 heavy (non-hydrogen) atoms. The van der Waals surface area contributed by atoms with Crippen molar-refractivity contribution in [3.8, 4) is 0 Å². The molecule has 1 aromatic heterocycles. The molecule has 0 bridgehead atoms. The summed E-state index contributed by atoms with van der Waals surface area (Å²) in [5.41, 5.74) is 2.75. The number of aliphatic imine (C=N–C) groups is 1. The Hall–Kier alpha value is -1.75. The number of hydrogen-bond acceptors (Lipinski definition) is 9. The number of unbranched alkanes of at least 4 members (excludes halogenated alkanes) is 2. The number of nitrogens with zero attached hydrogens (tertiary/aromatic N) is 3. The molecule has 2 aliphatic heterocycles. The molecule has 0 fully saturated rings. The van der Waals surface area contributed by atoms with E-state index >= 15 is 0 Å². The van der Waals surface area contributed by atoms with Gasteiger partial charge in [-0.15, -0.1) is 0 Å². The van der Waals surface area contributed by atoms with Crippen molar-refractivity contribution in [1.29, 1.82) is 0 Å². The Morgan fingerprint density at radius 2 is 1.71 bits per heavy atom. The number of pyridine rings is 1. The molecular weight excluding hydrogens is 646 g/mol. The van der Waals surface area contributed by atoms with Crippen LogP contribution in [0.1, 0.15) is 70.9 Å². The zero-order chi connectivity index (χ0) is 32.5. The second-order valence-corrected chi connectivity index (χ2v) is 15.1. The maximum Gasteiger partial charge on any atom is 1.00 e. The number of anilines is 1. The van der Waals surface area contributed by atoms with Gasteiger partial charge in [0.15, 0.2) is 5.71 Å². The summed E-state index contributed by atoms with van der Waals surface area (Å²) in [5, 5.41) is 8.88. The molecule has 3 heterocycles. The Labute approximate surface area is 308 Å². The van der Waals surface area contributed by atoms with Crippen LogP contribution in [-0.4, -0.2) is 55.0 Å². The summed E-state index contributed by atoms with van der Waals surface area (Å²) >= 11 is 0. The molecule has 0 spiro atoms. The predicted octanol–water partition coefficient (Wildman–Crippen LogP) is 1.06. The molecule has 11 nitrogen and oxygen atoms in total. The molecule has 2 aromatic rings. The molecule has 4 rings (SSSR count). The Balaban J connectivity index is 0.00000552. The van der Waals surface area contributed by atoms with E-state index < -0.39 is 42.8 Å². The van der Waals surface area contributed by atoms with Crippen LogP contribution in [0.15, 0.2) is 70.3 Å². The van der Waals surface area contributed by atoms with E-state index in [9.17, 15) is 30.7 Å². The first-order valence-corrected chi connectivity index (χ1v) is 17.5. The van der Waals surface area contributed by atoms with Crippen LogP contribution in [0, 0.1) is 0 Å². The van der Waals surface area contributed by atoms with Crippen LogP contribution in [0.4, 0.5) is 11.5 Å². The molecule has 1 aromatic carbocycles. The number of aryl methyl sites for hydroxylation is 1. The van der Waals surface area contributed by atoms with Crippen molar-refractivity contribution < 1.29 is 91.8 Å². The van der Waals surface area contributed by atoms with Gasteiger partial charge in [-0.25, -0.2) is 21.4 Å². The minimum Gasteiger partial charge on any atom is -0.748 e. The molecule has 0 saturated heterocycles. The first-order valence-electron chi connectivity index (χ1n) is 14.5. The maximum atomic E-state index is 11.8. The number of carbonyl (C=O) groups is 1. The summed E-state index contributed by atoms with van der Waals surface area (Å²) in [4.78, 5) is 17.3. The molecule has 0 amide bonds. The van der Waals surface area contributed by atoms with Crippen LogP contribution in [0.25, 0.3) is 0 Å². The Kier molecular flexibility index (Phi) is 12.2. The van der Waals surface area contributed by atoms with Crippen LogP contribution >= 0.6 is 0 Å². The number of rotatable bonds is 13. The van der Waals surface area contributed by atoms with Crippen molar-refractivity contribution in [1.82, 2.24) is 0 Å². The number of aromatic nitrogens is 1. The Morgan fingerprint density at radius 3 is 2.36 bits per heavy atom. The van der Waals surface area contributed by atoms with Gasteiger partial charge in [-0.3, -0.25) is 4.79 Å². The summed E-state index contributed by atoms with van der Waals surface area (Å²) in [5.74, 6) is -0.485. The molecule has 1 N–H and O–H groups in total. The van der Waals surface area contributed by atoms with Crippen molar-refractivity contribution in [3.05, 3.63) is 71.6 Å². The van der Waals surface area contributed by atoms with Crippen LogP contribution in [0.3, 0.4) is 0 Å². The maximum absolute atomic E-state index is 11.8. The summed E-state index contributed by atoms with van der Waals surface area (Å²) in [6.07, 6.45) is 10.1. The number of carboxylic acids is 1. The van der Waals surface area contributed by atoms with Crippen LogP contribution in [-0.2, 0) is 42.4 Å². The minimum atomic E-state index is -4.69. The van der Waals surface area contributed by atoms with Crippen molar-refractivity contribution in [3.63, 3.8) is 0 Å². The fraction of sp³-hybridized carbons (Fsp3) is 0.452. The van der Waals surface area contributed by atoms with E-state index in [1.807, 2.05) is 55.3 Å². The zero-order valence-electron chi connectivity index (χ0n) is 26.3. The van der Waals surface area contributed by atoms with Crippen LogP contribution in [0.2, 0.25) is 0 Å². The van der Waals surface area contributed by atoms with Crippen molar-refractivity contribution >= 4 is 43.4 Å². The Bertz CT molecular complexity index is 1760. The average Bonchev–Trinajstić information content (AvgIpc) is 3.29. The molecule has 14 heteroatoms. The SMILES string of the molecule is CC1(C)C(/C=C/C=C2\N(CCCS(=O)(=O)[O-])c3ccc(S(=O)(=O)[O-])cc3C2(C)C)=Nc2c1ccc[n+]2CCCCCC(=O)O.[K+]. The molecule has 0 saturated carbocycles. The van der Waals surface area contributed by atoms with Gasteiger partial charge in [0.25, 0.3) is 0 Å². The monoisotopic (exact) mass is 683 g/mol. The first kappa shape index (κ1) is 37.7. The van der Waals surface area contributed by atoms with E-state index in [4.69, 9.17) is 10.1 Å². The minimum absolute atomic E-state index is 0. The fourth-order valence-electron chi connectivity index (χ4n) is 5.89. The van der Waals surface area contributed by atoms with Crippen molar-refractivity contribution in [2.24, 2.45) is 4.99 Å². The third kappa shape index (κ3) is 8.79. The van der Waals surface area contributed by atoms with E-state index in [0.29, 0.717) is 24.2 Å². The summed E-state index contributed by atoms with van der Waals surface area (Å²) in [6, 6.07) is 8.17. The van der Waals surface area contributed by atoms with Gasteiger partial charge in [-0.1, -0.05) is 19.9 Å². The van der Waals surface area contributed by atoms with E-state index in [1.165, 1.54) is 12.1 Å². The van der Waals surface area contributed by atoms with Gasteiger partial charge < -0.3 is 19.1 Å². The molecule has 238 valence electrons. The quantitative estimate of drug-likeness (QED) is 0.140. The normalized spacial score (nSPS) is 17.7. The predicted molar refractivity (Wildman–Crippen MR) is 164 cm³/mol. The van der Waals surface area contributed by atoms with Gasteiger partial charge in [0, 0.05) is 35.5 Å². The van der Waals surface area contributed by atoms with E-state index in [-0.39, 0.29) is 75.7 Å². The number of allylic oxidation sites excluding steroid dienone is 4. The van der Waals surface area contributed by atoms with Gasteiger partial charge in [0.2, 0.25) is 0 Å². The molecule has 0 radical (unpaired) electrons. The van der Waals surface area contributed by atoms with Gasteiger partial charge in [0.05, 0.1) is 38.7 Å². The smallest absolute Gasteiger partial charge is 0.748 e. The van der Waals surface area contributed by atoms with Crippen molar-refractivity contribution in [2.75, 3.05) is 17.2 Å². The molecular formula is C31H38KN3O8S2. The number of benzene rings is 1. The van der Waals surface area contributed by atoms with Gasteiger partial charge in [-0.2, -0.15) is 0 Å². The number of hydrogen-bond donors (Lipinski definition) is 1. The largest absolute Gasteiger partial charge is 1.00 e. The summed E-state index contributed by atoms with van der Waals surface area (Å²) < 4.78 is 71.2.